The number of rotatable bonds is 4. The van der Waals surface area contributed by atoms with Gasteiger partial charge in [0.15, 0.2) is 0 Å². The molecule has 0 saturated carbocycles. The Labute approximate surface area is 140 Å². The van der Waals surface area contributed by atoms with E-state index in [0.29, 0.717) is 11.4 Å². The van der Waals surface area contributed by atoms with E-state index in [1.54, 1.807) is 0 Å². The quantitative estimate of drug-likeness (QED) is 0.672. The number of halogens is 1. The third-order valence-electron chi connectivity index (χ3n) is 3.85. The van der Waals surface area contributed by atoms with E-state index in [9.17, 15) is 4.79 Å². The van der Waals surface area contributed by atoms with Crippen molar-refractivity contribution in [2.45, 2.75) is 19.8 Å². The van der Waals surface area contributed by atoms with Gasteiger partial charge in [0.2, 0.25) is 5.91 Å². The van der Waals surface area contributed by atoms with Gasteiger partial charge in [0.05, 0.1) is 11.4 Å². The van der Waals surface area contributed by atoms with Crippen LogP contribution in [0.1, 0.15) is 25.3 Å². The SMILES string of the molecule is C/C(=N/Nc1ccc(Cl)cc1)c1cccc(N2CCCC2=O)c1. The average molecular weight is 328 g/mol. The zero-order chi connectivity index (χ0) is 16.2. The molecule has 1 aliphatic rings. The van der Waals surface area contributed by atoms with Crippen molar-refractivity contribution in [3.05, 3.63) is 59.1 Å². The van der Waals surface area contributed by atoms with Gasteiger partial charge in [-0.1, -0.05) is 23.7 Å². The molecule has 118 valence electrons. The van der Waals surface area contributed by atoms with Crippen molar-refractivity contribution in [1.82, 2.24) is 0 Å². The van der Waals surface area contributed by atoms with Crippen LogP contribution in [0.5, 0.6) is 0 Å². The normalized spacial score (nSPS) is 15.1. The zero-order valence-electron chi connectivity index (χ0n) is 12.9. The first-order chi connectivity index (χ1) is 11.1. The van der Waals surface area contributed by atoms with Gasteiger partial charge in [-0.05, 0) is 55.3 Å². The van der Waals surface area contributed by atoms with Crippen molar-refractivity contribution in [1.29, 1.82) is 0 Å². The Kier molecular flexibility index (Phi) is 4.63. The smallest absolute Gasteiger partial charge is 0.227 e. The van der Waals surface area contributed by atoms with Crippen molar-refractivity contribution >= 4 is 34.6 Å². The number of nitrogens with zero attached hydrogens (tertiary/aromatic N) is 2. The molecule has 0 atom stereocenters. The highest BCUT2D eigenvalue weighted by atomic mass is 35.5. The minimum atomic E-state index is 0.191. The lowest BCUT2D eigenvalue weighted by Gasteiger charge is -2.16. The van der Waals surface area contributed by atoms with Crippen LogP contribution in [0.15, 0.2) is 53.6 Å². The largest absolute Gasteiger partial charge is 0.312 e. The highest BCUT2D eigenvalue weighted by molar-refractivity contribution is 6.30. The van der Waals surface area contributed by atoms with Crippen LogP contribution < -0.4 is 10.3 Å². The van der Waals surface area contributed by atoms with Gasteiger partial charge in [-0.15, -0.1) is 0 Å². The van der Waals surface area contributed by atoms with E-state index in [1.165, 1.54) is 0 Å². The molecule has 23 heavy (non-hydrogen) atoms. The number of hydrogen-bond donors (Lipinski definition) is 1. The van der Waals surface area contributed by atoms with Crippen LogP contribution in [0, 0.1) is 0 Å². The van der Waals surface area contributed by atoms with Gasteiger partial charge in [0.25, 0.3) is 0 Å². The van der Waals surface area contributed by atoms with Crippen molar-refractivity contribution in [3.8, 4) is 0 Å². The number of nitrogens with one attached hydrogen (secondary N) is 1. The molecule has 1 saturated heterocycles. The Bertz CT molecular complexity index is 740. The van der Waals surface area contributed by atoms with E-state index in [4.69, 9.17) is 11.6 Å². The molecule has 3 rings (SSSR count). The lowest BCUT2D eigenvalue weighted by atomic mass is 10.1. The van der Waals surface area contributed by atoms with Gasteiger partial charge in [-0.3, -0.25) is 10.2 Å². The van der Waals surface area contributed by atoms with Gasteiger partial charge in [0.1, 0.15) is 0 Å². The topological polar surface area (TPSA) is 44.7 Å². The van der Waals surface area contributed by atoms with Crippen LogP contribution in [0.25, 0.3) is 0 Å². The van der Waals surface area contributed by atoms with E-state index in [0.717, 1.165) is 35.6 Å². The van der Waals surface area contributed by atoms with Crippen LogP contribution in [0.2, 0.25) is 5.02 Å². The number of carbonyl (C=O) groups is 1. The number of carbonyl (C=O) groups excluding carboxylic acids is 1. The summed E-state index contributed by atoms with van der Waals surface area (Å²) in [6, 6.07) is 15.3. The van der Waals surface area contributed by atoms with Gasteiger partial charge in [-0.2, -0.15) is 5.10 Å². The summed E-state index contributed by atoms with van der Waals surface area (Å²) in [7, 11) is 0. The molecule has 5 heteroatoms. The Hall–Kier alpha value is -2.33. The highest BCUT2D eigenvalue weighted by Crippen LogP contribution is 2.22. The molecule has 0 aromatic heterocycles. The molecule has 1 aliphatic heterocycles. The second-order valence-corrected chi connectivity index (χ2v) is 5.95. The molecule has 0 unspecified atom stereocenters. The molecule has 2 aromatic carbocycles. The molecule has 4 nitrogen and oxygen atoms in total. The maximum atomic E-state index is 11.9. The molecular weight excluding hydrogens is 310 g/mol. The first-order valence-corrected chi connectivity index (χ1v) is 7.98. The Morgan fingerprint density at radius 1 is 1.22 bits per heavy atom. The molecule has 1 amide bonds. The van der Waals surface area contributed by atoms with E-state index < -0.39 is 0 Å². The molecule has 1 N–H and O–H groups in total. The molecule has 1 fully saturated rings. The molecular formula is C18H18ClN3O. The van der Waals surface area contributed by atoms with Gasteiger partial charge < -0.3 is 4.90 Å². The summed E-state index contributed by atoms with van der Waals surface area (Å²) in [5.74, 6) is 0.191. The Balaban J connectivity index is 1.76. The second kappa shape index (κ2) is 6.84. The van der Waals surface area contributed by atoms with E-state index in [1.807, 2.05) is 60.4 Å². The molecule has 0 radical (unpaired) electrons. The third-order valence-corrected chi connectivity index (χ3v) is 4.10. The summed E-state index contributed by atoms with van der Waals surface area (Å²) >= 11 is 5.87. The lowest BCUT2D eigenvalue weighted by Crippen LogP contribution is -2.23. The fourth-order valence-electron chi connectivity index (χ4n) is 2.56. The minimum Gasteiger partial charge on any atom is -0.312 e. The predicted octanol–water partition coefficient (Wildman–Crippen LogP) is 4.30. The van der Waals surface area contributed by atoms with Crippen LogP contribution in [-0.4, -0.2) is 18.2 Å². The standard InChI is InChI=1S/C18H18ClN3O/c1-13(20-21-16-9-7-15(19)8-10-16)14-4-2-5-17(12-14)22-11-3-6-18(22)23/h2,4-5,7-10,12,21H,3,6,11H2,1H3/b20-13-. The zero-order valence-corrected chi connectivity index (χ0v) is 13.7. The maximum Gasteiger partial charge on any atom is 0.227 e. The van der Waals surface area contributed by atoms with Crippen molar-refractivity contribution in [3.63, 3.8) is 0 Å². The van der Waals surface area contributed by atoms with Crippen LogP contribution >= 0.6 is 11.6 Å². The summed E-state index contributed by atoms with van der Waals surface area (Å²) in [4.78, 5) is 13.7. The van der Waals surface area contributed by atoms with Crippen LogP contribution in [0.4, 0.5) is 11.4 Å². The summed E-state index contributed by atoms with van der Waals surface area (Å²) in [6.07, 6.45) is 1.56. The minimum absolute atomic E-state index is 0.191. The second-order valence-electron chi connectivity index (χ2n) is 5.52. The van der Waals surface area contributed by atoms with Crippen molar-refractivity contribution in [2.75, 3.05) is 16.9 Å². The Morgan fingerprint density at radius 3 is 2.70 bits per heavy atom. The van der Waals surface area contributed by atoms with Gasteiger partial charge >= 0.3 is 0 Å². The molecule has 0 bridgehead atoms. The fourth-order valence-corrected chi connectivity index (χ4v) is 2.68. The number of anilines is 2. The highest BCUT2D eigenvalue weighted by Gasteiger charge is 2.21. The Morgan fingerprint density at radius 2 is 2.00 bits per heavy atom. The lowest BCUT2D eigenvalue weighted by molar-refractivity contribution is -0.117. The summed E-state index contributed by atoms with van der Waals surface area (Å²) in [5, 5.41) is 5.09. The molecule has 1 heterocycles. The number of benzene rings is 2. The average Bonchev–Trinajstić information content (AvgIpc) is 3.00. The number of hydrazone groups is 1. The molecule has 0 aliphatic carbocycles. The van der Waals surface area contributed by atoms with Gasteiger partial charge in [-0.25, -0.2) is 0 Å². The summed E-state index contributed by atoms with van der Waals surface area (Å²) < 4.78 is 0. The van der Waals surface area contributed by atoms with Crippen molar-refractivity contribution < 1.29 is 4.79 Å². The molecule has 0 spiro atoms. The van der Waals surface area contributed by atoms with E-state index in [2.05, 4.69) is 10.5 Å². The number of amides is 1. The van der Waals surface area contributed by atoms with E-state index in [-0.39, 0.29) is 5.91 Å². The summed E-state index contributed by atoms with van der Waals surface area (Å²) in [5.41, 5.74) is 6.67. The maximum absolute atomic E-state index is 11.9. The fraction of sp³-hybridized carbons (Fsp3) is 0.222. The van der Waals surface area contributed by atoms with Crippen molar-refractivity contribution in [2.24, 2.45) is 5.10 Å². The van der Waals surface area contributed by atoms with E-state index >= 15 is 0 Å². The molecule has 2 aromatic rings. The number of hydrogen-bond acceptors (Lipinski definition) is 3. The monoisotopic (exact) mass is 327 g/mol. The predicted molar refractivity (Wildman–Crippen MR) is 95.3 cm³/mol. The van der Waals surface area contributed by atoms with Crippen LogP contribution in [0.3, 0.4) is 0 Å². The first kappa shape index (κ1) is 15.6. The van der Waals surface area contributed by atoms with Crippen LogP contribution in [-0.2, 0) is 4.79 Å². The first-order valence-electron chi connectivity index (χ1n) is 7.60. The summed E-state index contributed by atoms with van der Waals surface area (Å²) in [6.45, 7) is 2.73. The third kappa shape index (κ3) is 3.71. The van der Waals surface area contributed by atoms with Gasteiger partial charge in [0, 0.05) is 23.7 Å².